The van der Waals surface area contributed by atoms with Crippen molar-refractivity contribution in [1.82, 2.24) is 4.98 Å². The average molecular weight is 208 g/mol. The molecule has 0 saturated heterocycles. The van der Waals surface area contributed by atoms with Gasteiger partial charge in [0.25, 0.3) is 0 Å². The number of nitrogens with zero attached hydrogens (tertiary/aromatic N) is 1. The molecule has 0 saturated carbocycles. The summed E-state index contributed by atoms with van der Waals surface area (Å²) in [5.74, 6) is 0.224. The maximum absolute atomic E-state index is 11.3. The number of nitrogen functional groups attached to an aromatic ring is 1. The molecule has 5 heteroatoms. The Hall–Kier alpha value is -1.78. The van der Waals surface area contributed by atoms with Crippen LogP contribution in [0.3, 0.4) is 0 Å². The van der Waals surface area contributed by atoms with E-state index in [0.717, 1.165) is 18.4 Å². The lowest BCUT2D eigenvalue weighted by Crippen LogP contribution is -2.14. The minimum atomic E-state index is -0.464. The van der Waals surface area contributed by atoms with Gasteiger partial charge in [-0.15, -0.1) is 0 Å². The van der Waals surface area contributed by atoms with Gasteiger partial charge in [-0.2, -0.15) is 4.98 Å². The van der Waals surface area contributed by atoms with Gasteiger partial charge in [0.2, 0.25) is 5.88 Å². The Labute approximate surface area is 87.2 Å². The van der Waals surface area contributed by atoms with Crippen molar-refractivity contribution in [2.75, 3.05) is 19.5 Å². The summed E-state index contributed by atoms with van der Waals surface area (Å²) in [6.07, 6.45) is 1.78. The van der Waals surface area contributed by atoms with Crippen LogP contribution in [-0.4, -0.2) is 24.7 Å². The third-order valence-corrected chi connectivity index (χ3v) is 2.33. The van der Waals surface area contributed by atoms with E-state index in [1.54, 1.807) is 6.07 Å². The highest BCUT2D eigenvalue weighted by atomic mass is 16.5. The molecule has 80 valence electrons. The number of hydrogen-bond donors (Lipinski definition) is 1. The summed E-state index contributed by atoms with van der Waals surface area (Å²) >= 11 is 0. The Morgan fingerprint density at radius 1 is 1.67 bits per heavy atom. The van der Waals surface area contributed by atoms with Crippen molar-refractivity contribution < 1.29 is 14.3 Å². The largest absolute Gasteiger partial charge is 0.477 e. The van der Waals surface area contributed by atoms with Gasteiger partial charge in [-0.1, -0.05) is 0 Å². The molecule has 0 atom stereocenters. The molecule has 0 unspecified atom stereocenters. The molecule has 2 N–H and O–H groups in total. The van der Waals surface area contributed by atoms with Gasteiger partial charge < -0.3 is 15.2 Å². The number of methoxy groups -OCH3 is 1. The first-order valence-corrected chi connectivity index (χ1v) is 4.73. The van der Waals surface area contributed by atoms with Crippen LogP contribution < -0.4 is 10.5 Å². The molecule has 1 aliphatic rings. The van der Waals surface area contributed by atoms with Crippen LogP contribution in [0.15, 0.2) is 6.07 Å². The summed E-state index contributed by atoms with van der Waals surface area (Å²) < 4.78 is 9.94. The van der Waals surface area contributed by atoms with Gasteiger partial charge in [-0.3, -0.25) is 0 Å². The summed E-state index contributed by atoms with van der Waals surface area (Å²) in [4.78, 5) is 15.4. The van der Waals surface area contributed by atoms with E-state index in [1.165, 1.54) is 7.11 Å². The number of ether oxygens (including phenoxy) is 2. The molecule has 0 fully saturated rings. The highest BCUT2D eigenvalue weighted by Crippen LogP contribution is 2.26. The second-order valence-corrected chi connectivity index (χ2v) is 3.33. The smallest absolute Gasteiger partial charge is 0.341 e. The third-order valence-electron chi connectivity index (χ3n) is 2.33. The van der Waals surface area contributed by atoms with E-state index < -0.39 is 5.97 Å². The minimum absolute atomic E-state index is 0.155. The minimum Gasteiger partial charge on any atom is -0.477 e. The van der Waals surface area contributed by atoms with Crippen molar-refractivity contribution in [2.24, 2.45) is 0 Å². The topological polar surface area (TPSA) is 74.4 Å². The Morgan fingerprint density at radius 3 is 3.20 bits per heavy atom. The maximum atomic E-state index is 11.3. The fraction of sp³-hybridized carbons (Fsp3) is 0.400. The van der Waals surface area contributed by atoms with Gasteiger partial charge >= 0.3 is 5.97 Å². The first-order chi connectivity index (χ1) is 7.22. The highest BCUT2D eigenvalue weighted by Gasteiger charge is 2.18. The van der Waals surface area contributed by atoms with E-state index in [-0.39, 0.29) is 5.82 Å². The molecule has 1 aromatic heterocycles. The van der Waals surface area contributed by atoms with E-state index in [1.807, 2.05) is 0 Å². The van der Waals surface area contributed by atoms with E-state index in [9.17, 15) is 4.79 Å². The van der Waals surface area contributed by atoms with Gasteiger partial charge in [0.1, 0.15) is 11.4 Å². The summed E-state index contributed by atoms with van der Waals surface area (Å²) in [7, 11) is 1.32. The summed E-state index contributed by atoms with van der Waals surface area (Å²) in [5.41, 5.74) is 6.85. The zero-order chi connectivity index (χ0) is 10.8. The molecule has 5 nitrogen and oxygen atoms in total. The molecule has 2 heterocycles. The van der Waals surface area contributed by atoms with Crippen LogP contribution in [0.2, 0.25) is 0 Å². The first-order valence-electron chi connectivity index (χ1n) is 4.73. The van der Waals surface area contributed by atoms with Crippen molar-refractivity contribution in [3.05, 3.63) is 17.2 Å². The van der Waals surface area contributed by atoms with Crippen LogP contribution in [0.5, 0.6) is 5.88 Å². The number of aryl methyl sites for hydroxylation is 1. The van der Waals surface area contributed by atoms with E-state index in [4.69, 9.17) is 10.5 Å². The van der Waals surface area contributed by atoms with Gasteiger partial charge in [-0.25, -0.2) is 4.79 Å². The average Bonchev–Trinajstić information content (AvgIpc) is 2.27. The van der Waals surface area contributed by atoms with E-state index in [0.29, 0.717) is 18.1 Å². The van der Waals surface area contributed by atoms with Crippen LogP contribution in [0, 0.1) is 0 Å². The zero-order valence-electron chi connectivity index (χ0n) is 8.45. The number of esters is 1. The highest BCUT2D eigenvalue weighted by molar-refractivity contribution is 5.94. The number of hydrogen-bond acceptors (Lipinski definition) is 5. The predicted molar refractivity (Wildman–Crippen MR) is 53.8 cm³/mol. The first kappa shape index (κ1) is 9.76. The molecule has 0 amide bonds. The number of anilines is 1. The lowest BCUT2D eigenvalue weighted by Gasteiger charge is -2.17. The fourth-order valence-corrected chi connectivity index (χ4v) is 1.56. The molecular weight excluding hydrogens is 196 g/mol. The molecule has 0 spiro atoms. The SMILES string of the molecule is COC(=O)c1cc2c(nc1N)OCCC2. The maximum Gasteiger partial charge on any atom is 0.341 e. The molecule has 1 aliphatic heterocycles. The van der Waals surface area contributed by atoms with E-state index >= 15 is 0 Å². The fourth-order valence-electron chi connectivity index (χ4n) is 1.56. The van der Waals surface area contributed by atoms with Crippen LogP contribution in [0.4, 0.5) is 5.82 Å². The van der Waals surface area contributed by atoms with E-state index in [2.05, 4.69) is 9.72 Å². The Kier molecular flexibility index (Phi) is 2.45. The number of carbonyl (C=O) groups is 1. The Bertz CT molecular complexity index is 404. The normalized spacial score (nSPS) is 13.9. The van der Waals surface area contributed by atoms with Gasteiger partial charge in [0.15, 0.2) is 0 Å². The molecule has 2 rings (SSSR count). The lowest BCUT2D eigenvalue weighted by atomic mass is 10.1. The second kappa shape index (κ2) is 3.76. The van der Waals surface area contributed by atoms with Crippen molar-refractivity contribution in [3.8, 4) is 5.88 Å². The number of fused-ring (bicyclic) bond motifs is 1. The number of pyridine rings is 1. The summed E-state index contributed by atoms with van der Waals surface area (Å²) in [6, 6.07) is 1.70. The Balaban J connectivity index is 2.44. The Morgan fingerprint density at radius 2 is 2.47 bits per heavy atom. The standard InChI is InChI=1S/C10H12N2O3/c1-14-10(13)7-5-6-3-2-4-15-9(6)12-8(7)11/h5H,2-4H2,1H3,(H2,11,12). The second-order valence-electron chi connectivity index (χ2n) is 3.33. The zero-order valence-corrected chi connectivity index (χ0v) is 8.45. The molecule has 1 aromatic rings. The molecule has 15 heavy (non-hydrogen) atoms. The number of rotatable bonds is 1. The number of nitrogens with two attached hydrogens (primary N) is 1. The van der Waals surface area contributed by atoms with Crippen LogP contribution >= 0.6 is 0 Å². The molecular formula is C10H12N2O3. The monoisotopic (exact) mass is 208 g/mol. The quantitative estimate of drug-likeness (QED) is 0.690. The lowest BCUT2D eigenvalue weighted by molar-refractivity contribution is 0.0601. The predicted octanol–water partition coefficient (Wildman–Crippen LogP) is 0.775. The summed E-state index contributed by atoms with van der Waals surface area (Å²) in [6.45, 7) is 0.650. The van der Waals surface area contributed by atoms with Crippen molar-refractivity contribution in [2.45, 2.75) is 12.8 Å². The number of aromatic nitrogens is 1. The molecule has 0 aromatic carbocycles. The molecule has 0 radical (unpaired) electrons. The molecule has 0 aliphatic carbocycles. The molecule has 0 bridgehead atoms. The summed E-state index contributed by atoms with van der Waals surface area (Å²) in [5, 5.41) is 0. The van der Waals surface area contributed by atoms with Crippen LogP contribution in [-0.2, 0) is 11.2 Å². The number of carbonyl (C=O) groups excluding carboxylic acids is 1. The third kappa shape index (κ3) is 1.72. The van der Waals surface area contributed by atoms with Crippen molar-refractivity contribution in [3.63, 3.8) is 0 Å². The van der Waals surface area contributed by atoms with Crippen LogP contribution in [0.1, 0.15) is 22.3 Å². The van der Waals surface area contributed by atoms with Gasteiger partial charge in [-0.05, 0) is 18.9 Å². The van der Waals surface area contributed by atoms with Crippen molar-refractivity contribution in [1.29, 1.82) is 0 Å². The van der Waals surface area contributed by atoms with Crippen molar-refractivity contribution >= 4 is 11.8 Å². The van der Waals surface area contributed by atoms with Crippen LogP contribution in [0.25, 0.3) is 0 Å². The van der Waals surface area contributed by atoms with Gasteiger partial charge in [0, 0.05) is 5.56 Å². The van der Waals surface area contributed by atoms with Gasteiger partial charge in [0.05, 0.1) is 13.7 Å².